The summed E-state index contributed by atoms with van der Waals surface area (Å²) in [4.78, 5) is 8.65. The van der Waals surface area contributed by atoms with Gasteiger partial charge in [0.15, 0.2) is 17.5 Å². The van der Waals surface area contributed by atoms with Crippen LogP contribution in [0.5, 0.6) is 11.5 Å². The number of guanidine groups is 1. The zero-order valence-corrected chi connectivity index (χ0v) is 17.9. The van der Waals surface area contributed by atoms with Gasteiger partial charge in [0.2, 0.25) is 11.7 Å². The van der Waals surface area contributed by atoms with Gasteiger partial charge in [-0.1, -0.05) is 22.8 Å². The summed E-state index contributed by atoms with van der Waals surface area (Å²) in [6, 6.07) is 13.1. The number of methoxy groups -OCH3 is 2. The van der Waals surface area contributed by atoms with Crippen molar-refractivity contribution in [1.29, 1.82) is 0 Å². The van der Waals surface area contributed by atoms with Crippen molar-refractivity contribution < 1.29 is 14.0 Å². The molecule has 0 aliphatic heterocycles. The van der Waals surface area contributed by atoms with Gasteiger partial charge in [-0.3, -0.25) is 4.99 Å². The molecule has 0 fully saturated rings. The number of benzene rings is 2. The largest absolute Gasteiger partial charge is 0.493 e. The second-order valence-corrected chi connectivity index (χ2v) is 6.75. The first-order valence-electron chi connectivity index (χ1n) is 9.37. The van der Waals surface area contributed by atoms with E-state index < -0.39 is 0 Å². The van der Waals surface area contributed by atoms with Gasteiger partial charge < -0.3 is 24.6 Å². The third-order valence-corrected chi connectivity index (χ3v) is 4.59. The van der Waals surface area contributed by atoms with Crippen molar-refractivity contribution in [3.63, 3.8) is 0 Å². The van der Waals surface area contributed by atoms with Crippen LogP contribution in [0.2, 0.25) is 5.02 Å². The summed E-state index contributed by atoms with van der Waals surface area (Å²) in [6.45, 7) is 1.18. The van der Waals surface area contributed by atoms with E-state index in [0.717, 1.165) is 11.1 Å². The molecule has 1 heterocycles. The third-order valence-electron chi connectivity index (χ3n) is 4.33. The van der Waals surface area contributed by atoms with Crippen LogP contribution < -0.4 is 20.1 Å². The Kier molecular flexibility index (Phi) is 7.51. The first-order valence-corrected chi connectivity index (χ1v) is 9.74. The monoisotopic (exact) mass is 429 g/mol. The molecular weight excluding hydrogens is 406 g/mol. The Morgan fingerprint density at radius 1 is 1.07 bits per heavy atom. The molecule has 0 saturated carbocycles. The van der Waals surface area contributed by atoms with Crippen molar-refractivity contribution in [3.8, 4) is 22.9 Å². The standard InChI is InChI=1S/C21H24ClN5O3/c1-23-21(25-13-14-4-9-17(28-2)18(12-14)29-3)24-11-10-19-26-20(27-30-19)15-5-7-16(22)8-6-15/h4-9,12H,10-11,13H2,1-3H3,(H2,23,24,25). The number of rotatable bonds is 8. The predicted octanol–water partition coefficient (Wildman–Crippen LogP) is 3.31. The zero-order chi connectivity index (χ0) is 21.3. The fourth-order valence-electron chi connectivity index (χ4n) is 2.76. The maximum Gasteiger partial charge on any atom is 0.228 e. The van der Waals surface area contributed by atoms with Crippen molar-refractivity contribution in [3.05, 3.63) is 58.9 Å². The van der Waals surface area contributed by atoms with Crippen LogP contribution in [0.15, 0.2) is 52.0 Å². The Balaban J connectivity index is 1.49. The van der Waals surface area contributed by atoms with E-state index in [1.807, 2.05) is 30.3 Å². The van der Waals surface area contributed by atoms with Crippen LogP contribution in [-0.4, -0.2) is 43.9 Å². The highest BCUT2D eigenvalue weighted by molar-refractivity contribution is 6.30. The number of halogens is 1. The molecule has 0 saturated heterocycles. The lowest BCUT2D eigenvalue weighted by atomic mass is 10.2. The highest BCUT2D eigenvalue weighted by Crippen LogP contribution is 2.27. The molecule has 0 atom stereocenters. The zero-order valence-electron chi connectivity index (χ0n) is 17.1. The van der Waals surface area contributed by atoms with Crippen LogP contribution in [-0.2, 0) is 13.0 Å². The number of hydrogen-bond donors (Lipinski definition) is 2. The number of ether oxygens (including phenoxy) is 2. The van der Waals surface area contributed by atoms with E-state index >= 15 is 0 Å². The molecule has 0 spiro atoms. The number of nitrogens with one attached hydrogen (secondary N) is 2. The van der Waals surface area contributed by atoms with Crippen LogP contribution in [0.3, 0.4) is 0 Å². The summed E-state index contributed by atoms with van der Waals surface area (Å²) in [5.41, 5.74) is 1.90. The van der Waals surface area contributed by atoms with E-state index in [2.05, 4.69) is 25.8 Å². The first-order chi connectivity index (χ1) is 14.6. The minimum atomic E-state index is 0.539. The molecule has 0 aliphatic rings. The maximum atomic E-state index is 5.91. The van der Waals surface area contributed by atoms with Crippen molar-refractivity contribution in [1.82, 2.24) is 20.8 Å². The molecule has 0 amide bonds. The molecule has 8 nitrogen and oxygen atoms in total. The number of nitrogens with zero attached hydrogens (tertiary/aromatic N) is 3. The molecule has 0 bridgehead atoms. The molecule has 0 unspecified atom stereocenters. The smallest absolute Gasteiger partial charge is 0.228 e. The summed E-state index contributed by atoms with van der Waals surface area (Å²) in [5, 5.41) is 11.2. The van der Waals surface area contributed by atoms with E-state index in [4.69, 9.17) is 25.6 Å². The average molecular weight is 430 g/mol. The van der Waals surface area contributed by atoms with Crippen molar-refractivity contribution in [2.75, 3.05) is 27.8 Å². The molecule has 158 valence electrons. The number of aromatic nitrogens is 2. The van der Waals surface area contributed by atoms with Crippen LogP contribution in [0, 0.1) is 0 Å². The summed E-state index contributed by atoms with van der Waals surface area (Å²) in [5.74, 6) is 3.14. The van der Waals surface area contributed by atoms with Crippen molar-refractivity contribution >= 4 is 17.6 Å². The van der Waals surface area contributed by atoms with Gasteiger partial charge in [-0.2, -0.15) is 4.98 Å². The second-order valence-electron chi connectivity index (χ2n) is 6.31. The average Bonchev–Trinajstić information content (AvgIpc) is 3.25. The minimum absolute atomic E-state index is 0.539. The van der Waals surface area contributed by atoms with Gasteiger partial charge in [0.05, 0.1) is 14.2 Å². The Morgan fingerprint density at radius 2 is 1.83 bits per heavy atom. The predicted molar refractivity (Wildman–Crippen MR) is 116 cm³/mol. The lowest BCUT2D eigenvalue weighted by Gasteiger charge is -2.13. The van der Waals surface area contributed by atoms with Gasteiger partial charge in [0.25, 0.3) is 0 Å². The van der Waals surface area contributed by atoms with E-state index in [-0.39, 0.29) is 0 Å². The van der Waals surface area contributed by atoms with Gasteiger partial charge in [-0.15, -0.1) is 0 Å². The summed E-state index contributed by atoms with van der Waals surface area (Å²) in [6.07, 6.45) is 0.567. The lowest BCUT2D eigenvalue weighted by Crippen LogP contribution is -2.37. The minimum Gasteiger partial charge on any atom is -0.493 e. The maximum absolute atomic E-state index is 5.91. The number of hydrogen-bond acceptors (Lipinski definition) is 6. The third kappa shape index (κ3) is 5.64. The Morgan fingerprint density at radius 3 is 2.53 bits per heavy atom. The quantitative estimate of drug-likeness (QED) is 0.419. The lowest BCUT2D eigenvalue weighted by molar-refractivity contribution is 0.354. The van der Waals surface area contributed by atoms with Crippen LogP contribution in [0.25, 0.3) is 11.4 Å². The molecule has 3 aromatic rings. The van der Waals surface area contributed by atoms with Gasteiger partial charge in [-0.25, -0.2) is 0 Å². The summed E-state index contributed by atoms with van der Waals surface area (Å²) < 4.78 is 15.9. The van der Waals surface area contributed by atoms with Crippen LogP contribution >= 0.6 is 11.6 Å². The van der Waals surface area contributed by atoms with Gasteiger partial charge in [-0.05, 0) is 42.0 Å². The second kappa shape index (κ2) is 10.5. The molecule has 0 aliphatic carbocycles. The van der Waals surface area contributed by atoms with E-state index in [9.17, 15) is 0 Å². The first kappa shape index (κ1) is 21.4. The van der Waals surface area contributed by atoms with Crippen LogP contribution in [0.4, 0.5) is 0 Å². The molecular formula is C21H24ClN5O3. The fraction of sp³-hybridized carbons (Fsp3) is 0.286. The van der Waals surface area contributed by atoms with Crippen molar-refractivity contribution in [2.24, 2.45) is 4.99 Å². The highest BCUT2D eigenvalue weighted by atomic mass is 35.5. The molecule has 2 aromatic carbocycles. The Labute approximate surface area is 180 Å². The normalized spacial score (nSPS) is 11.3. The SMILES string of the molecule is CN=C(NCCc1nc(-c2ccc(Cl)cc2)no1)NCc1ccc(OC)c(OC)c1. The molecule has 0 radical (unpaired) electrons. The van der Waals surface area contributed by atoms with Gasteiger partial charge >= 0.3 is 0 Å². The van der Waals surface area contributed by atoms with Gasteiger partial charge in [0, 0.05) is 37.1 Å². The molecule has 30 heavy (non-hydrogen) atoms. The summed E-state index contributed by atoms with van der Waals surface area (Å²) in [7, 11) is 4.95. The van der Waals surface area contributed by atoms with E-state index in [0.29, 0.717) is 53.7 Å². The summed E-state index contributed by atoms with van der Waals surface area (Å²) >= 11 is 5.91. The Hall–Kier alpha value is -3.26. The van der Waals surface area contributed by atoms with Gasteiger partial charge in [0.1, 0.15) is 0 Å². The number of aliphatic imine (C=N–C) groups is 1. The van der Waals surface area contributed by atoms with Crippen molar-refractivity contribution in [2.45, 2.75) is 13.0 Å². The molecule has 2 N–H and O–H groups in total. The molecule has 3 rings (SSSR count). The molecule has 1 aromatic heterocycles. The molecule has 9 heteroatoms. The van der Waals surface area contributed by atoms with E-state index in [1.54, 1.807) is 33.4 Å². The van der Waals surface area contributed by atoms with E-state index in [1.165, 1.54) is 0 Å². The Bertz CT molecular complexity index is 989. The fourth-order valence-corrected chi connectivity index (χ4v) is 2.88. The topological polar surface area (TPSA) is 93.8 Å². The van der Waals surface area contributed by atoms with Crippen LogP contribution in [0.1, 0.15) is 11.5 Å². The highest BCUT2D eigenvalue weighted by Gasteiger charge is 2.09.